The summed E-state index contributed by atoms with van der Waals surface area (Å²) < 4.78 is 37.9. The van der Waals surface area contributed by atoms with Gasteiger partial charge < -0.3 is 59.1 Å². The van der Waals surface area contributed by atoms with Crippen LogP contribution in [-0.4, -0.2) is 129 Å². The fraction of sp³-hybridized carbons (Fsp3) is 0.769. The number of carbonyl (C=O) groups is 1. The number of aliphatic hydroxyl groups is 6. The van der Waals surface area contributed by atoms with E-state index in [9.17, 15) is 35.4 Å². The number of carbonyl (C=O) groups excluding carboxylic acids is 1. The lowest BCUT2D eigenvalue weighted by atomic mass is 9.71. The highest BCUT2D eigenvalue weighted by Crippen LogP contribution is 2.48. The molecule has 6 aliphatic rings. The molecular weight excluding hydrogens is 676 g/mol. The Morgan fingerprint density at radius 3 is 2.48 bits per heavy atom. The van der Waals surface area contributed by atoms with Gasteiger partial charge in [0.1, 0.15) is 54.2 Å². The zero-order valence-corrected chi connectivity index (χ0v) is 31.0. The molecule has 5 aliphatic heterocycles. The third kappa shape index (κ3) is 7.48. The summed E-state index contributed by atoms with van der Waals surface area (Å²) in [6.07, 6.45) is 0.206. The van der Waals surface area contributed by atoms with Crippen LogP contribution in [0.4, 0.5) is 0 Å². The van der Waals surface area contributed by atoms with Gasteiger partial charge in [0.05, 0.1) is 31.5 Å². The van der Waals surface area contributed by atoms with E-state index in [-0.39, 0.29) is 24.5 Å². The standard InChI is InChI=1S/C39H58O13/c1-19(2)33-22(5)12-13-38(52-33)16-26-15-25(51-38)11-10-21(4)34(50-37-32(44)31(43)30(42)28(17-40)49-37)20(3)8-7-9-24-18-47-35-29(41)23(6)14-27(36(45)48-26)39(24,35)46/h7-10,14,19-20,22,25-35,37,40-44,46H,11-13,15-18H2,1-6H3/b8-7+,21-10+,24-9+/t20-,22-,25+,26-,27-,28+,29+,30+,31-,32+,33+,34-,35+,37?,38+,39+/m0/s1. The van der Waals surface area contributed by atoms with Gasteiger partial charge in [0, 0.05) is 25.2 Å². The molecule has 13 nitrogen and oxygen atoms in total. The molecule has 13 heteroatoms. The molecule has 4 saturated heterocycles. The summed E-state index contributed by atoms with van der Waals surface area (Å²) in [6, 6.07) is 0. The molecule has 0 amide bonds. The Balaban J connectivity index is 1.39. The Morgan fingerprint density at radius 2 is 1.77 bits per heavy atom. The monoisotopic (exact) mass is 734 g/mol. The van der Waals surface area contributed by atoms with E-state index in [0.29, 0.717) is 42.7 Å². The molecule has 6 N–H and O–H groups in total. The minimum absolute atomic E-state index is 0.0172. The van der Waals surface area contributed by atoms with Gasteiger partial charge in [-0.05, 0) is 55.2 Å². The van der Waals surface area contributed by atoms with Gasteiger partial charge in [-0.3, -0.25) is 4.79 Å². The third-order valence-electron chi connectivity index (χ3n) is 12.0. The summed E-state index contributed by atoms with van der Waals surface area (Å²) >= 11 is 0. The summed E-state index contributed by atoms with van der Waals surface area (Å²) in [5.74, 6) is -2.54. The average Bonchev–Trinajstić information content (AvgIpc) is 3.44. The van der Waals surface area contributed by atoms with Crippen molar-refractivity contribution in [3.8, 4) is 0 Å². The summed E-state index contributed by atoms with van der Waals surface area (Å²) in [5.41, 5.74) is -0.189. The van der Waals surface area contributed by atoms with E-state index in [0.717, 1.165) is 12.0 Å². The van der Waals surface area contributed by atoms with E-state index in [4.69, 9.17) is 28.4 Å². The Kier molecular flexibility index (Phi) is 11.9. The van der Waals surface area contributed by atoms with E-state index in [1.54, 1.807) is 25.2 Å². The van der Waals surface area contributed by atoms with Crippen LogP contribution in [0.1, 0.15) is 73.6 Å². The van der Waals surface area contributed by atoms with Gasteiger partial charge in [-0.2, -0.15) is 0 Å². The highest BCUT2D eigenvalue weighted by atomic mass is 16.7. The number of hydrogen-bond donors (Lipinski definition) is 6. The predicted octanol–water partition coefficient (Wildman–Crippen LogP) is 1.97. The lowest BCUT2D eigenvalue weighted by molar-refractivity contribution is -0.340. The molecule has 4 fully saturated rings. The van der Waals surface area contributed by atoms with E-state index in [2.05, 4.69) is 20.8 Å². The first-order valence-corrected chi connectivity index (χ1v) is 18.9. The first-order valence-electron chi connectivity index (χ1n) is 18.9. The summed E-state index contributed by atoms with van der Waals surface area (Å²) in [7, 11) is 0. The summed E-state index contributed by atoms with van der Waals surface area (Å²) in [4.78, 5) is 14.2. The first-order chi connectivity index (χ1) is 24.6. The van der Waals surface area contributed by atoms with Crippen LogP contribution < -0.4 is 0 Å². The van der Waals surface area contributed by atoms with Crippen molar-refractivity contribution in [3.63, 3.8) is 0 Å². The van der Waals surface area contributed by atoms with E-state index < -0.39 is 91.1 Å². The molecule has 2 bridgehead atoms. The van der Waals surface area contributed by atoms with Gasteiger partial charge in [-0.1, -0.05) is 58.1 Å². The molecule has 16 atom stereocenters. The molecule has 292 valence electrons. The predicted molar refractivity (Wildman–Crippen MR) is 186 cm³/mol. The minimum atomic E-state index is -1.87. The number of fused-ring (bicyclic) bond motifs is 2. The molecule has 0 saturated carbocycles. The molecule has 1 aliphatic carbocycles. The van der Waals surface area contributed by atoms with Crippen LogP contribution in [-0.2, 0) is 33.2 Å². The number of allylic oxidation sites excluding steroid dienone is 2. The first kappa shape index (κ1) is 39.7. The SMILES string of the molecule is CC1=C[C@H]2C(=O)O[C@H]3C[C@@H](C/C=C(\C)[C@@H](OC4O[C@H](CO)[C@@H](O)[C@H](O)[C@H]4O)[C@@H](C)/C=C/C=C4\CO[C@H]([C@@H]1O)[C@@]42O)O[C@@]1(CC[C@H](C)[C@@H](C(C)C)O1)C3. The van der Waals surface area contributed by atoms with Gasteiger partial charge in [0.15, 0.2) is 12.1 Å². The fourth-order valence-corrected chi connectivity index (χ4v) is 8.98. The lowest BCUT2D eigenvalue weighted by Gasteiger charge is -2.50. The zero-order chi connectivity index (χ0) is 37.7. The van der Waals surface area contributed by atoms with Crippen molar-refractivity contribution in [1.82, 2.24) is 0 Å². The van der Waals surface area contributed by atoms with Crippen molar-refractivity contribution in [2.75, 3.05) is 13.2 Å². The van der Waals surface area contributed by atoms with Gasteiger partial charge >= 0.3 is 5.97 Å². The van der Waals surface area contributed by atoms with Crippen LogP contribution in [0, 0.1) is 23.7 Å². The van der Waals surface area contributed by atoms with Crippen molar-refractivity contribution in [1.29, 1.82) is 0 Å². The second-order valence-electron chi connectivity index (χ2n) is 16.3. The molecule has 0 aromatic rings. The number of aliphatic hydroxyl groups excluding tert-OH is 5. The Morgan fingerprint density at radius 1 is 1.02 bits per heavy atom. The molecule has 5 heterocycles. The Bertz CT molecular complexity index is 1420. The topological polar surface area (TPSA) is 194 Å². The molecule has 52 heavy (non-hydrogen) atoms. The number of esters is 1. The van der Waals surface area contributed by atoms with Gasteiger partial charge in [-0.15, -0.1) is 0 Å². The highest BCUT2D eigenvalue weighted by molar-refractivity contribution is 5.78. The maximum Gasteiger partial charge on any atom is 0.316 e. The smallest absolute Gasteiger partial charge is 0.316 e. The second kappa shape index (κ2) is 15.6. The Hall–Kier alpha value is -2.01. The maximum absolute atomic E-state index is 14.2. The lowest BCUT2D eigenvalue weighted by Crippen LogP contribution is -2.60. The maximum atomic E-state index is 14.2. The van der Waals surface area contributed by atoms with E-state index in [1.165, 1.54) is 0 Å². The minimum Gasteiger partial charge on any atom is -0.462 e. The van der Waals surface area contributed by atoms with Crippen LogP contribution in [0.25, 0.3) is 0 Å². The van der Waals surface area contributed by atoms with Gasteiger partial charge in [0.2, 0.25) is 0 Å². The molecule has 0 aromatic carbocycles. The van der Waals surface area contributed by atoms with Crippen LogP contribution in [0.3, 0.4) is 0 Å². The highest BCUT2D eigenvalue weighted by Gasteiger charge is 2.60. The fourth-order valence-electron chi connectivity index (χ4n) is 8.98. The quantitative estimate of drug-likeness (QED) is 0.182. The average molecular weight is 735 g/mol. The van der Waals surface area contributed by atoms with Crippen molar-refractivity contribution in [2.45, 2.75) is 152 Å². The third-order valence-corrected chi connectivity index (χ3v) is 12.0. The molecule has 1 unspecified atom stereocenters. The van der Waals surface area contributed by atoms with Crippen LogP contribution >= 0.6 is 0 Å². The van der Waals surface area contributed by atoms with Gasteiger partial charge in [-0.25, -0.2) is 0 Å². The second-order valence-corrected chi connectivity index (χ2v) is 16.3. The van der Waals surface area contributed by atoms with Crippen molar-refractivity contribution in [3.05, 3.63) is 47.1 Å². The number of hydrogen-bond acceptors (Lipinski definition) is 13. The van der Waals surface area contributed by atoms with Crippen molar-refractivity contribution >= 4 is 5.97 Å². The Labute approximate surface area is 305 Å². The van der Waals surface area contributed by atoms with Crippen LogP contribution in [0.2, 0.25) is 0 Å². The summed E-state index contributed by atoms with van der Waals surface area (Å²) in [6.45, 7) is 11.3. The van der Waals surface area contributed by atoms with E-state index in [1.807, 2.05) is 26.0 Å². The molecule has 1 spiro atoms. The van der Waals surface area contributed by atoms with Crippen molar-refractivity contribution < 1.29 is 63.9 Å². The molecular formula is C39H58O13. The molecule has 0 radical (unpaired) electrons. The largest absolute Gasteiger partial charge is 0.462 e. The molecule has 0 aromatic heterocycles. The number of ether oxygens (including phenoxy) is 6. The molecule has 6 rings (SSSR count). The van der Waals surface area contributed by atoms with E-state index >= 15 is 0 Å². The summed E-state index contributed by atoms with van der Waals surface area (Å²) in [5, 5.41) is 64.8. The van der Waals surface area contributed by atoms with Gasteiger partial charge in [0.25, 0.3) is 0 Å². The van der Waals surface area contributed by atoms with Crippen LogP contribution in [0.5, 0.6) is 0 Å². The van der Waals surface area contributed by atoms with Crippen LogP contribution in [0.15, 0.2) is 47.1 Å². The van der Waals surface area contributed by atoms with Crippen molar-refractivity contribution in [2.24, 2.45) is 23.7 Å². The number of rotatable bonds is 4. The normalized spacial score (nSPS) is 50.0. The zero-order valence-electron chi connectivity index (χ0n) is 31.0.